The number of nitriles is 1. The average molecular weight is 417 g/mol. The number of alkyl halides is 3. The highest BCUT2D eigenvalue weighted by Gasteiger charge is 2.33. The number of halogens is 3. The van der Waals surface area contributed by atoms with Gasteiger partial charge >= 0.3 is 6.18 Å². The molecule has 0 aliphatic carbocycles. The number of nitrogens with two attached hydrogens (primary N) is 1. The van der Waals surface area contributed by atoms with Crippen molar-refractivity contribution in [2.24, 2.45) is 0 Å². The smallest absolute Gasteiger partial charge is 0.434 e. The first-order chi connectivity index (χ1) is 13.9. The second kappa shape index (κ2) is 7.22. The van der Waals surface area contributed by atoms with Crippen LogP contribution < -0.4 is 11.1 Å². The first-order valence-electron chi connectivity index (χ1n) is 8.70. The third-order valence-corrected chi connectivity index (χ3v) is 4.13. The Morgan fingerprint density at radius 3 is 2.37 bits per heavy atom. The summed E-state index contributed by atoms with van der Waals surface area (Å²) in [6, 6.07) is 6.53. The van der Waals surface area contributed by atoms with Crippen molar-refractivity contribution in [3.63, 3.8) is 0 Å². The van der Waals surface area contributed by atoms with Crippen LogP contribution in [0.1, 0.15) is 32.0 Å². The maximum atomic E-state index is 12.7. The van der Waals surface area contributed by atoms with Gasteiger partial charge < -0.3 is 16.2 Å². The molecule has 11 heteroatoms. The Kier molecular flexibility index (Phi) is 5.03. The summed E-state index contributed by atoms with van der Waals surface area (Å²) in [5.74, 6) is 0.0757. The maximum Gasteiger partial charge on any atom is 0.434 e. The minimum Gasteiger partial charge on any atom is -0.506 e. The number of hydrogen-bond donors (Lipinski definition) is 3. The number of benzene rings is 1. The zero-order chi connectivity index (χ0) is 22.3. The van der Waals surface area contributed by atoms with E-state index in [1.54, 1.807) is 6.07 Å². The van der Waals surface area contributed by atoms with Gasteiger partial charge in [-0.25, -0.2) is 14.6 Å². The lowest BCUT2D eigenvalue weighted by atomic mass is 10.1. The van der Waals surface area contributed by atoms with E-state index in [1.807, 2.05) is 20.8 Å². The monoisotopic (exact) mass is 417 g/mol. The third kappa shape index (κ3) is 3.98. The Labute approximate surface area is 169 Å². The van der Waals surface area contributed by atoms with Gasteiger partial charge in [-0.05, 0) is 32.9 Å². The van der Waals surface area contributed by atoms with Crippen LogP contribution in [-0.2, 0) is 11.7 Å². The van der Waals surface area contributed by atoms with Crippen molar-refractivity contribution in [3.8, 4) is 23.1 Å². The number of anilines is 3. The van der Waals surface area contributed by atoms with E-state index < -0.39 is 17.4 Å². The SMILES string of the molecule is CC(C)(C)n1nc(-c2ccc(N)c(O)c2)c(C#N)c1Nc1cnc(C(F)(F)F)cn1. The Hall–Kier alpha value is -3.81. The first kappa shape index (κ1) is 20.9. The van der Waals surface area contributed by atoms with Crippen molar-refractivity contribution >= 4 is 17.3 Å². The highest BCUT2D eigenvalue weighted by atomic mass is 19.4. The van der Waals surface area contributed by atoms with Crippen molar-refractivity contribution in [1.82, 2.24) is 19.7 Å². The number of phenolic OH excluding ortho intramolecular Hbond substituents is 1. The highest BCUT2D eigenvalue weighted by molar-refractivity contribution is 5.77. The predicted molar refractivity (Wildman–Crippen MR) is 104 cm³/mol. The summed E-state index contributed by atoms with van der Waals surface area (Å²) in [6.45, 7) is 5.53. The molecule has 30 heavy (non-hydrogen) atoms. The van der Waals surface area contributed by atoms with Gasteiger partial charge in [0, 0.05) is 5.56 Å². The molecule has 0 atom stereocenters. The lowest BCUT2D eigenvalue weighted by molar-refractivity contribution is -0.141. The zero-order valence-electron chi connectivity index (χ0n) is 16.3. The van der Waals surface area contributed by atoms with Crippen LogP contribution in [0.2, 0.25) is 0 Å². The molecule has 1 aromatic carbocycles. The van der Waals surface area contributed by atoms with Crippen LogP contribution in [0.3, 0.4) is 0 Å². The minimum atomic E-state index is -4.61. The molecule has 0 radical (unpaired) electrons. The molecule has 3 rings (SSSR count). The molecule has 0 aliphatic rings. The summed E-state index contributed by atoms with van der Waals surface area (Å²) in [5.41, 5.74) is 4.92. The summed E-state index contributed by atoms with van der Waals surface area (Å²) < 4.78 is 39.7. The normalized spacial score (nSPS) is 11.9. The number of rotatable bonds is 3. The fourth-order valence-corrected chi connectivity index (χ4v) is 2.68. The fourth-order valence-electron chi connectivity index (χ4n) is 2.68. The number of phenols is 1. The van der Waals surface area contributed by atoms with E-state index in [2.05, 4.69) is 26.5 Å². The largest absolute Gasteiger partial charge is 0.506 e. The van der Waals surface area contributed by atoms with Crippen LogP contribution >= 0.6 is 0 Å². The summed E-state index contributed by atoms with van der Waals surface area (Å²) in [4.78, 5) is 7.12. The molecule has 0 saturated carbocycles. The molecular weight excluding hydrogens is 399 g/mol. The second-order valence-electron chi connectivity index (χ2n) is 7.45. The van der Waals surface area contributed by atoms with E-state index in [-0.39, 0.29) is 34.3 Å². The Balaban J connectivity index is 2.12. The van der Waals surface area contributed by atoms with Gasteiger partial charge in [0.25, 0.3) is 0 Å². The van der Waals surface area contributed by atoms with Gasteiger partial charge in [0.15, 0.2) is 5.69 Å². The quantitative estimate of drug-likeness (QED) is 0.434. The molecule has 0 spiro atoms. The maximum absolute atomic E-state index is 12.7. The van der Waals surface area contributed by atoms with Crippen molar-refractivity contribution < 1.29 is 18.3 Å². The molecular formula is C19H18F3N7O. The second-order valence-corrected chi connectivity index (χ2v) is 7.45. The van der Waals surface area contributed by atoms with Crippen LogP contribution in [0.15, 0.2) is 30.6 Å². The standard InChI is InChI=1S/C19H18F3N7O/c1-18(2,3)29-17(27-15-9-25-14(8-26-15)19(20,21)22)11(7-23)16(28-29)10-4-5-12(24)13(30)6-10/h4-6,8-9,30H,24H2,1-3H3,(H,26,27). The lowest BCUT2D eigenvalue weighted by Gasteiger charge is -2.22. The van der Waals surface area contributed by atoms with E-state index in [1.165, 1.54) is 16.8 Å². The van der Waals surface area contributed by atoms with Crippen LogP contribution in [0, 0.1) is 11.3 Å². The van der Waals surface area contributed by atoms with E-state index in [4.69, 9.17) is 5.73 Å². The topological polar surface area (TPSA) is 126 Å². The molecule has 156 valence electrons. The molecule has 0 aliphatic heterocycles. The number of nitrogen functional groups attached to an aromatic ring is 1. The van der Waals surface area contributed by atoms with E-state index in [0.29, 0.717) is 11.8 Å². The molecule has 0 amide bonds. The number of nitrogens with one attached hydrogen (secondary N) is 1. The van der Waals surface area contributed by atoms with Crippen molar-refractivity contribution in [2.75, 3.05) is 11.1 Å². The van der Waals surface area contributed by atoms with Crippen molar-refractivity contribution in [3.05, 3.63) is 41.9 Å². The summed E-state index contributed by atoms with van der Waals surface area (Å²) in [7, 11) is 0. The van der Waals surface area contributed by atoms with Gasteiger partial charge in [0.05, 0.1) is 23.6 Å². The summed E-state index contributed by atoms with van der Waals surface area (Å²) in [6.07, 6.45) is -3.08. The van der Waals surface area contributed by atoms with Gasteiger partial charge in [0.1, 0.15) is 34.7 Å². The number of aromatic nitrogens is 4. The number of aromatic hydroxyl groups is 1. The van der Waals surface area contributed by atoms with Gasteiger partial charge in [-0.1, -0.05) is 6.07 Å². The van der Waals surface area contributed by atoms with Crippen molar-refractivity contribution in [2.45, 2.75) is 32.5 Å². The molecule has 8 nitrogen and oxygen atoms in total. The number of hydrogen-bond acceptors (Lipinski definition) is 7. The Bertz CT molecular complexity index is 1120. The van der Waals surface area contributed by atoms with Crippen LogP contribution in [0.5, 0.6) is 5.75 Å². The van der Waals surface area contributed by atoms with Crippen LogP contribution in [0.25, 0.3) is 11.3 Å². The van der Waals surface area contributed by atoms with E-state index in [9.17, 15) is 23.5 Å². The Morgan fingerprint density at radius 2 is 1.87 bits per heavy atom. The van der Waals surface area contributed by atoms with E-state index in [0.717, 1.165) is 6.20 Å². The first-order valence-corrected chi connectivity index (χ1v) is 8.70. The molecule has 2 heterocycles. The molecule has 4 N–H and O–H groups in total. The predicted octanol–water partition coefficient (Wildman–Crippen LogP) is 4.02. The average Bonchev–Trinajstić information content (AvgIpc) is 3.02. The van der Waals surface area contributed by atoms with Gasteiger partial charge in [-0.15, -0.1) is 0 Å². The molecule has 3 aromatic rings. The molecule has 0 unspecified atom stereocenters. The third-order valence-electron chi connectivity index (χ3n) is 4.13. The molecule has 0 bridgehead atoms. The van der Waals surface area contributed by atoms with E-state index >= 15 is 0 Å². The van der Waals surface area contributed by atoms with Gasteiger partial charge in [-0.2, -0.15) is 23.5 Å². The fraction of sp³-hybridized carbons (Fsp3) is 0.263. The highest BCUT2D eigenvalue weighted by Crippen LogP contribution is 2.36. The summed E-state index contributed by atoms with van der Waals surface area (Å²) in [5, 5.41) is 27.0. The Morgan fingerprint density at radius 1 is 1.17 bits per heavy atom. The summed E-state index contributed by atoms with van der Waals surface area (Å²) >= 11 is 0. The molecule has 0 fully saturated rings. The zero-order valence-corrected chi connectivity index (χ0v) is 16.3. The van der Waals surface area contributed by atoms with Gasteiger partial charge in [-0.3, -0.25) is 0 Å². The van der Waals surface area contributed by atoms with Crippen LogP contribution in [0.4, 0.5) is 30.5 Å². The number of nitrogens with zero attached hydrogens (tertiary/aromatic N) is 5. The van der Waals surface area contributed by atoms with Crippen LogP contribution in [-0.4, -0.2) is 24.9 Å². The molecule has 2 aromatic heterocycles. The lowest BCUT2D eigenvalue weighted by Crippen LogP contribution is -2.25. The van der Waals surface area contributed by atoms with Gasteiger partial charge in [0.2, 0.25) is 0 Å². The van der Waals surface area contributed by atoms with Crippen molar-refractivity contribution in [1.29, 1.82) is 5.26 Å². The minimum absolute atomic E-state index is 0.0107. The molecule has 0 saturated heterocycles.